The molecule has 0 N–H and O–H groups in total. The third-order valence-corrected chi connectivity index (χ3v) is 4.77. The number of likely N-dealkylation sites (tertiary alicyclic amines) is 1. The van der Waals surface area contributed by atoms with Gasteiger partial charge in [-0.2, -0.15) is 0 Å². The monoisotopic (exact) mass is 309 g/mol. The molecule has 1 unspecified atom stereocenters. The Kier molecular flexibility index (Phi) is 3.45. The van der Waals surface area contributed by atoms with Gasteiger partial charge in [-0.25, -0.2) is 4.79 Å². The SMILES string of the molecule is O=C(OCc1ccccc1)N1CCCC12COc1ccccc12. The standard InChI is InChI=1S/C19H19NO3/c21-18(22-13-15-7-2-1-3-8-15)20-12-6-11-19(20)14-23-17-10-5-4-9-16(17)19/h1-5,7-10H,6,11-14H2. The summed E-state index contributed by atoms with van der Waals surface area (Å²) in [5.74, 6) is 0.884. The van der Waals surface area contributed by atoms with Gasteiger partial charge >= 0.3 is 6.09 Å². The van der Waals surface area contributed by atoms with Gasteiger partial charge in [-0.15, -0.1) is 0 Å². The van der Waals surface area contributed by atoms with Crippen molar-refractivity contribution in [2.45, 2.75) is 25.0 Å². The second-order valence-electron chi connectivity index (χ2n) is 6.11. The van der Waals surface area contributed by atoms with Crippen LogP contribution in [0.15, 0.2) is 54.6 Å². The molecule has 2 aliphatic heterocycles. The smallest absolute Gasteiger partial charge is 0.410 e. The number of hydrogen-bond acceptors (Lipinski definition) is 3. The Balaban J connectivity index is 1.53. The Morgan fingerprint density at radius 3 is 2.78 bits per heavy atom. The van der Waals surface area contributed by atoms with Crippen molar-refractivity contribution in [3.63, 3.8) is 0 Å². The van der Waals surface area contributed by atoms with Gasteiger partial charge in [-0.05, 0) is 24.5 Å². The van der Waals surface area contributed by atoms with Gasteiger partial charge < -0.3 is 9.47 Å². The highest BCUT2D eigenvalue weighted by molar-refractivity contribution is 5.70. The highest BCUT2D eigenvalue weighted by atomic mass is 16.6. The maximum absolute atomic E-state index is 12.6. The molecule has 2 aromatic rings. The lowest BCUT2D eigenvalue weighted by molar-refractivity contribution is 0.0544. The van der Waals surface area contributed by atoms with Crippen molar-refractivity contribution in [2.24, 2.45) is 0 Å². The summed E-state index contributed by atoms with van der Waals surface area (Å²) in [6.45, 7) is 1.53. The third-order valence-electron chi connectivity index (χ3n) is 4.77. The molecule has 4 heteroatoms. The molecule has 2 aromatic carbocycles. The van der Waals surface area contributed by atoms with Gasteiger partial charge in [-0.3, -0.25) is 4.90 Å². The number of hydrogen-bond donors (Lipinski definition) is 0. The number of benzene rings is 2. The topological polar surface area (TPSA) is 38.8 Å². The molecule has 1 fully saturated rings. The molecular formula is C19H19NO3. The summed E-state index contributed by atoms with van der Waals surface area (Å²) >= 11 is 0. The zero-order chi connectivity index (χ0) is 15.7. The van der Waals surface area contributed by atoms with E-state index in [4.69, 9.17) is 9.47 Å². The van der Waals surface area contributed by atoms with Gasteiger partial charge in [-0.1, -0.05) is 48.5 Å². The first-order chi connectivity index (χ1) is 11.3. The zero-order valence-electron chi connectivity index (χ0n) is 12.9. The lowest BCUT2D eigenvalue weighted by atomic mass is 9.89. The molecule has 1 saturated heterocycles. The quantitative estimate of drug-likeness (QED) is 0.849. The van der Waals surface area contributed by atoms with Gasteiger partial charge in [0, 0.05) is 12.1 Å². The van der Waals surface area contributed by atoms with Gasteiger partial charge in [0.25, 0.3) is 0 Å². The van der Waals surface area contributed by atoms with Crippen molar-refractivity contribution in [3.8, 4) is 5.75 Å². The fourth-order valence-electron chi connectivity index (χ4n) is 3.62. The number of ether oxygens (including phenoxy) is 2. The zero-order valence-corrected chi connectivity index (χ0v) is 12.9. The van der Waals surface area contributed by atoms with Gasteiger partial charge in [0.1, 0.15) is 24.5 Å². The minimum Gasteiger partial charge on any atom is -0.490 e. The molecule has 2 heterocycles. The molecule has 0 bridgehead atoms. The first-order valence-corrected chi connectivity index (χ1v) is 8.00. The lowest BCUT2D eigenvalue weighted by Gasteiger charge is -2.33. The first kappa shape index (κ1) is 14.1. The van der Waals surface area contributed by atoms with E-state index in [1.807, 2.05) is 53.4 Å². The molecule has 4 nitrogen and oxygen atoms in total. The van der Waals surface area contributed by atoms with Crippen LogP contribution in [0.25, 0.3) is 0 Å². The summed E-state index contributed by atoms with van der Waals surface area (Å²) in [6, 6.07) is 17.8. The predicted octanol–water partition coefficient (Wildman–Crippen LogP) is 3.71. The summed E-state index contributed by atoms with van der Waals surface area (Å²) in [5.41, 5.74) is 1.75. The molecule has 2 aliphatic rings. The Hall–Kier alpha value is -2.49. The second-order valence-corrected chi connectivity index (χ2v) is 6.11. The van der Waals surface area contributed by atoms with Crippen molar-refractivity contribution in [2.75, 3.05) is 13.2 Å². The number of fused-ring (bicyclic) bond motifs is 2. The van der Waals surface area contributed by atoms with E-state index in [1.54, 1.807) is 0 Å². The highest BCUT2D eigenvalue weighted by Crippen LogP contribution is 2.47. The van der Waals surface area contributed by atoms with E-state index < -0.39 is 0 Å². The molecule has 1 atom stereocenters. The largest absolute Gasteiger partial charge is 0.490 e. The molecule has 118 valence electrons. The molecule has 1 amide bonds. The van der Waals surface area contributed by atoms with Crippen LogP contribution in [0, 0.1) is 0 Å². The van der Waals surface area contributed by atoms with Crippen LogP contribution < -0.4 is 4.74 Å². The van der Waals surface area contributed by atoms with Gasteiger partial charge in [0.2, 0.25) is 0 Å². The van der Waals surface area contributed by atoms with Crippen molar-refractivity contribution < 1.29 is 14.3 Å². The molecule has 0 aromatic heterocycles. The van der Waals surface area contributed by atoms with Crippen LogP contribution in [-0.2, 0) is 16.9 Å². The maximum atomic E-state index is 12.6. The molecular weight excluding hydrogens is 290 g/mol. The van der Waals surface area contributed by atoms with E-state index in [1.165, 1.54) is 0 Å². The summed E-state index contributed by atoms with van der Waals surface area (Å²) in [6.07, 6.45) is 1.63. The molecule has 0 saturated carbocycles. The average molecular weight is 309 g/mol. The number of rotatable bonds is 2. The Morgan fingerprint density at radius 2 is 1.91 bits per heavy atom. The van der Waals surface area contributed by atoms with Crippen LogP contribution in [-0.4, -0.2) is 24.1 Å². The number of para-hydroxylation sites is 1. The van der Waals surface area contributed by atoms with Crippen LogP contribution in [0.3, 0.4) is 0 Å². The Morgan fingerprint density at radius 1 is 1.13 bits per heavy atom. The van der Waals surface area contributed by atoms with Crippen molar-refractivity contribution in [1.29, 1.82) is 0 Å². The molecule has 0 aliphatic carbocycles. The highest BCUT2D eigenvalue weighted by Gasteiger charge is 2.51. The molecule has 23 heavy (non-hydrogen) atoms. The number of nitrogens with zero attached hydrogens (tertiary/aromatic N) is 1. The summed E-state index contributed by atoms with van der Waals surface area (Å²) in [5, 5.41) is 0. The summed E-state index contributed by atoms with van der Waals surface area (Å²) in [7, 11) is 0. The number of carbonyl (C=O) groups is 1. The first-order valence-electron chi connectivity index (χ1n) is 8.00. The third kappa shape index (κ3) is 2.34. The second kappa shape index (κ2) is 5.61. The van der Waals surface area contributed by atoms with Crippen LogP contribution in [0.1, 0.15) is 24.0 Å². The van der Waals surface area contributed by atoms with E-state index in [2.05, 4.69) is 6.07 Å². The van der Waals surface area contributed by atoms with Crippen LogP contribution in [0.5, 0.6) is 5.75 Å². The van der Waals surface area contributed by atoms with Crippen molar-refractivity contribution >= 4 is 6.09 Å². The Bertz CT molecular complexity index is 716. The van der Waals surface area contributed by atoms with Crippen LogP contribution in [0.2, 0.25) is 0 Å². The lowest BCUT2D eigenvalue weighted by Crippen LogP contribution is -2.46. The summed E-state index contributed by atoms with van der Waals surface area (Å²) < 4.78 is 11.4. The molecule has 4 rings (SSSR count). The van der Waals surface area contributed by atoms with E-state index in [0.29, 0.717) is 19.8 Å². The fourth-order valence-corrected chi connectivity index (χ4v) is 3.62. The molecule has 0 radical (unpaired) electrons. The van der Waals surface area contributed by atoms with E-state index in [9.17, 15) is 4.79 Å². The Labute approximate surface area is 135 Å². The minimum absolute atomic E-state index is 0.258. The number of carbonyl (C=O) groups excluding carboxylic acids is 1. The van der Waals surface area contributed by atoms with Crippen molar-refractivity contribution in [1.82, 2.24) is 4.90 Å². The average Bonchev–Trinajstić information content (AvgIpc) is 3.20. The van der Waals surface area contributed by atoms with Gasteiger partial charge in [0.05, 0.1) is 0 Å². The normalized spacial score (nSPS) is 22.0. The molecule has 1 spiro atoms. The van der Waals surface area contributed by atoms with Gasteiger partial charge in [0.15, 0.2) is 0 Å². The van der Waals surface area contributed by atoms with E-state index in [-0.39, 0.29) is 11.6 Å². The minimum atomic E-state index is -0.357. The van der Waals surface area contributed by atoms with E-state index >= 15 is 0 Å². The maximum Gasteiger partial charge on any atom is 0.410 e. The predicted molar refractivity (Wildman–Crippen MR) is 86.2 cm³/mol. The van der Waals surface area contributed by atoms with Crippen molar-refractivity contribution in [3.05, 3.63) is 65.7 Å². The van der Waals surface area contributed by atoms with Crippen LogP contribution in [0.4, 0.5) is 4.79 Å². The summed E-state index contributed by atoms with van der Waals surface area (Å²) in [4.78, 5) is 14.5. The van der Waals surface area contributed by atoms with Crippen LogP contribution >= 0.6 is 0 Å². The fraction of sp³-hybridized carbons (Fsp3) is 0.316. The number of amides is 1. The van der Waals surface area contributed by atoms with E-state index in [0.717, 1.165) is 29.7 Å².